The van der Waals surface area contributed by atoms with Crippen molar-refractivity contribution < 1.29 is 4.79 Å². The zero-order valence-corrected chi connectivity index (χ0v) is 13.9. The highest BCUT2D eigenvalue weighted by atomic mass is 32.1. The van der Waals surface area contributed by atoms with Crippen molar-refractivity contribution in [3.05, 3.63) is 39.7 Å². The van der Waals surface area contributed by atoms with Crippen molar-refractivity contribution >= 4 is 28.7 Å². The Morgan fingerprint density at radius 1 is 1.23 bits per heavy atom. The van der Waals surface area contributed by atoms with Crippen molar-refractivity contribution in [3.63, 3.8) is 0 Å². The van der Waals surface area contributed by atoms with Gasteiger partial charge in [0.25, 0.3) is 5.91 Å². The van der Waals surface area contributed by atoms with Crippen LogP contribution in [-0.2, 0) is 0 Å². The third-order valence-electron chi connectivity index (χ3n) is 4.10. The molecule has 116 valence electrons. The molecule has 2 aromatic rings. The number of carbonyl (C=O) groups is 1. The van der Waals surface area contributed by atoms with Gasteiger partial charge in [0.15, 0.2) is 0 Å². The van der Waals surface area contributed by atoms with Gasteiger partial charge in [0, 0.05) is 18.0 Å². The van der Waals surface area contributed by atoms with Crippen LogP contribution < -0.4 is 10.2 Å². The lowest BCUT2D eigenvalue weighted by atomic mass is 10.1. The van der Waals surface area contributed by atoms with E-state index in [0.717, 1.165) is 29.2 Å². The third kappa shape index (κ3) is 3.30. The average molecular weight is 315 g/mol. The number of piperidine rings is 1. The Balaban J connectivity index is 1.66. The van der Waals surface area contributed by atoms with E-state index in [-0.39, 0.29) is 5.91 Å². The fraction of sp³-hybridized carbons (Fsp3) is 0.412. The predicted octanol–water partition coefficient (Wildman–Crippen LogP) is 4.00. The van der Waals surface area contributed by atoms with Gasteiger partial charge in [-0.2, -0.15) is 0 Å². The number of anilines is 2. The molecule has 0 radical (unpaired) electrons. The minimum Gasteiger partial charge on any atom is -0.370 e. The number of aryl methyl sites for hydroxylation is 2. The Morgan fingerprint density at radius 3 is 2.59 bits per heavy atom. The SMILES string of the molecule is Cc1cc(C(=O)Nc2ccc(N3CCCCC3)cn2)sc1C. The van der Waals surface area contributed by atoms with Gasteiger partial charge in [-0.1, -0.05) is 0 Å². The van der Waals surface area contributed by atoms with Gasteiger partial charge in [-0.25, -0.2) is 4.98 Å². The summed E-state index contributed by atoms with van der Waals surface area (Å²) in [5.74, 6) is 0.522. The van der Waals surface area contributed by atoms with E-state index in [1.54, 1.807) is 0 Å². The first-order chi connectivity index (χ1) is 10.6. The van der Waals surface area contributed by atoms with Crippen molar-refractivity contribution in [2.75, 3.05) is 23.3 Å². The Hall–Kier alpha value is -1.88. The molecule has 0 aromatic carbocycles. The number of rotatable bonds is 3. The Morgan fingerprint density at radius 2 is 2.00 bits per heavy atom. The van der Waals surface area contributed by atoms with Crippen LogP contribution in [0.1, 0.15) is 39.4 Å². The fourth-order valence-corrected chi connectivity index (χ4v) is 3.59. The smallest absolute Gasteiger partial charge is 0.266 e. The number of hydrogen-bond acceptors (Lipinski definition) is 4. The molecule has 0 saturated carbocycles. The average Bonchev–Trinajstić information content (AvgIpc) is 2.88. The quantitative estimate of drug-likeness (QED) is 0.931. The van der Waals surface area contributed by atoms with Crippen LogP contribution in [0.4, 0.5) is 11.5 Å². The molecule has 3 heterocycles. The van der Waals surface area contributed by atoms with E-state index in [2.05, 4.69) is 15.2 Å². The molecular formula is C17H21N3OS. The lowest BCUT2D eigenvalue weighted by Gasteiger charge is -2.28. The van der Waals surface area contributed by atoms with E-state index in [0.29, 0.717) is 5.82 Å². The van der Waals surface area contributed by atoms with E-state index in [1.165, 1.54) is 35.5 Å². The number of carbonyl (C=O) groups excluding carboxylic acids is 1. The van der Waals surface area contributed by atoms with E-state index in [9.17, 15) is 4.79 Å². The maximum absolute atomic E-state index is 12.2. The Bertz CT molecular complexity index is 638. The molecule has 1 amide bonds. The molecule has 0 aliphatic carbocycles. The van der Waals surface area contributed by atoms with E-state index in [4.69, 9.17) is 0 Å². The summed E-state index contributed by atoms with van der Waals surface area (Å²) >= 11 is 1.52. The highest BCUT2D eigenvalue weighted by Crippen LogP contribution is 2.23. The van der Waals surface area contributed by atoms with Crippen molar-refractivity contribution in [1.82, 2.24) is 4.98 Å². The van der Waals surface area contributed by atoms with Gasteiger partial charge in [-0.05, 0) is 56.9 Å². The molecule has 1 saturated heterocycles. The van der Waals surface area contributed by atoms with Gasteiger partial charge < -0.3 is 10.2 Å². The molecule has 5 heteroatoms. The zero-order valence-electron chi connectivity index (χ0n) is 13.1. The lowest BCUT2D eigenvalue weighted by Crippen LogP contribution is -2.29. The lowest BCUT2D eigenvalue weighted by molar-refractivity contribution is 0.103. The summed E-state index contributed by atoms with van der Waals surface area (Å²) < 4.78 is 0. The molecule has 0 bridgehead atoms. The molecule has 1 aliphatic heterocycles. The molecule has 0 unspecified atom stereocenters. The van der Waals surface area contributed by atoms with Gasteiger partial charge in [0.2, 0.25) is 0 Å². The second-order valence-electron chi connectivity index (χ2n) is 5.75. The summed E-state index contributed by atoms with van der Waals surface area (Å²) in [6.07, 6.45) is 5.66. The summed E-state index contributed by atoms with van der Waals surface area (Å²) in [6, 6.07) is 5.85. The van der Waals surface area contributed by atoms with Crippen molar-refractivity contribution in [2.45, 2.75) is 33.1 Å². The Labute approximate surface area is 135 Å². The number of nitrogens with zero attached hydrogens (tertiary/aromatic N) is 2. The highest BCUT2D eigenvalue weighted by molar-refractivity contribution is 7.14. The summed E-state index contributed by atoms with van der Waals surface area (Å²) in [6.45, 7) is 6.25. The molecule has 2 aromatic heterocycles. The van der Waals surface area contributed by atoms with Crippen LogP contribution in [0.15, 0.2) is 24.4 Å². The molecule has 0 spiro atoms. The van der Waals surface area contributed by atoms with Gasteiger partial charge >= 0.3 is 0 Å². The molecule has 1 aliphatic rings. The Kier molecular flexibility index (Phi) is 4.43. The van der Waals surface area contributed by atoms with Crippen molar-refractivity contribution in [2.24, 2.45) is 0 Å². The van der Waals surface area contributed by atoms with E-state index in [1.807, 2.05) is 38.2 Å². The van der Waals surface area contributed by atoms with Crippen LogP contribution in [0.3, 0.4) is 0 Å². The number of aromatic nitrogens is 1. The first kappa shape index (κ1) is 15.0. The fourth-order valence-electron chi connectivity index (χ4n) is 2.66. The van der Waals surface area contributed by atoms with Gasteiger partial charge in [-0.3, -0.25) is 4.79 Å². The minimum atomic E-state index is -0.0839. The normalized spacial score (nSPS) is 14.9. The molecule has 0 atom stereocenters. The highest BCUT2D eigenvalue weighted by Gasteiger charge is 2.13. The summed E-state index contributed by atoms with van der Waals surface area (Å²) in [5.41, 5.74) is 2.30. The summed E-state index contributed by atoms with van der Waals surface area (Å²) in [7, 11) is 0. The summed E-state index contributed by atoms with van der Waals surface area (Å²) in [5, 5.41) is 2.87. The van der Waals surface area contributed by atoms with Gasteiger partial charge in [0.05, 0.1) is 16.8 Å². The van der Waals surface area contributed by atoms with Crippen LogP contribution in [-0.4, -0.2) is 24.0 Å². The second kappa shape index (κ2) is 6.48. The number of amides is 1. The molecule has 1 N–H and O–H groups in total. The van der Waals surface area contributed by atoms with Gasteiger partial charge in [-0.15, -0.1) is 11.3 Å². The maximum Gasteiger partial charge on any atom is 0.266 e. The third-order valence-corrected chi connectivity index (χ3v) is 5.25. The number of nitrogens with one attached hydrogen (secondary N) is 1. The van der Waals surface area contributed by atoms with Crippen LogP contribution in [0.2, 0.25) is 0 Å². The van der Waals surface area contributed by atoms with Gasteiger partial charge in [0.1, 0.15) is 5.82 Å². The number of thiophene rings is 1. The van der Waals surface area contributed by atoms with Crippen LogP contribution in [0.25, 0.3) is 0 Å². The molecular weight excluding hydrogens is 294 g/mol. The molecule has 3 rings (SSSR count). The molecule has 22 heavy (non-hydrogen) atoms. The maximum atomic E-state index is 12.2. The monoisotopic (exact) mass is 315 g/mol. The second-order valence-corrected chi connectivity index (χ2v) is 7.01. The largest absolute Gasteiger partial charge is 0.370 e. The predicted molar refractivity (Wildman–Crippen MR) is 92.0 cm³/mol. The first-order valence-electron chi connectivity index (χ1n) is 7.73. The van der Waals surface area contributed by atoms with Crippen LogP contribution in [0, 0.1) is 13.8 Å². The molecule has 4 nitrogen and oxygen atoms in total. The first-order valence-corrected chi connectivity index (χ1v) is 8.54. The minimum absolute atomic E-state index is 0.0839. The van der Waals surface area contributed by atoms with Crippen LogP contribution >= 0.6 is 11.3 Å². The zero-order chi connectivity index (χ0) is 15.5. The standard InChI is InChI=1S/C17H21N3OS/c1-12-10-15(22-13(12)2)17(21)19-16-7-6-14(11-18-16)20-8-4-3-5-9-20/h6-7,10-11H,3-5,8-9H2,1-2H3,(H,18,19,21). The van der Waals surface area contributed by atoms with E-state index < -0.39 is 0 Å². The summed E-state index contributed by atoms with van der Waals surface area (Å²) in [4.78, 5) is 20.9. The number of hydrogen-bond donors (Lipinski definition) is 1. The molecule has 1 fully saturated rings. The van der Waals surface area contributed by atoms with Crippen molar-refractivity contribution in [3.8, 4) is 0 Å². The number of pyridine rings is 1. The van der Waals surface area contributed by atoms with Crippen molar-refractivity contribution in [1.29, 1.82) is 0 Å². The van der Waals surface area contributed by atoms with Crippen LogP contribution in [0.5, 0.6) is 0 Å². The topological polar surface area (TPSA) is 45.2 Å². The van der Waals surface area contributed by atoms with E-state index >= 15 is 0 Å².